The van der Waals surface area contributed by atoms with Crippen LogP contribution in [0.4, 0.5) is 5.82 Å². The fourth-order valence-electron chi connectivity index (χ4n) is 2.12. The fourth-order valence-corrected chi connectivity index (χ4v) is 3.12. The van der Waals surface area contributed by atoms with E-state index in [9.17, 15) is 4.79 Å². The number of hydrogen-bond donors (Lipinski definition) is 2. The first-order valence-corrected chi connectivity index (χ1v) is 7.59. The number of nitrogens with two attached hydrogens (primary N) is 1. The zero-order valence-electron chi connectivity index (χ0n) is 11.5. The summed E-state index contributed by atoms with van der Waals surface area (Å²) in [6, 6.07) is 9.88. The minimum absolute atomic E-state index is 0.190. The van der Waals surface area contributed by atoms with Crippen molar-refractivity contribution in [3.63, 3.8) is 0 Å². The Morgan fingerprint density at radius 1 is 1.38 bits per heavy atom. The van der Waals surface area contributed by atoms with Gasteiger partial charge in [-0.1, -0.05) is 30.0 Å². The number of anilines is 1. The van der Waals surface area contributed by atoms with E-state index in [1.165, 1.54) is 11.8 Å². The Balaban J connectivity index is 1.88. The van der Waals surface area contributed by atoms with Gasteiger partial charge < -0.3 is 5.73 Å². The van der Waals surface area contributed by atoms with E-state index in [0.717, 1.165) is 16.5 Å². The molecule has 0 saturated carbocycles. The summed E-state index contributed by atoms with van der Waals surface area (Å²) in [6.45, 7) is 2.50. The average molecular weight is 301 g/mol. The van der Waals surface area contributed by atoms with Crippen LogP contribution in [0.2, 0.25) is 0 Å². The van der Waals surface area contributed by atoms with Crippen LogP contribution in [0.3, 0.4) is 0 Å². The number of nitrogen functional groups attached to an aromatic ring is 1. The lowest BCUT2D eigenvalue weighted by atomic mass is 10.1. The topological polar surface area (TPSA) is 89.6 Å². The molecular formula is C14H15N5OS. The molecule has 3 rings (SSSR count). The summed E-state index contributed by atoms with van der Waals surface area (Å²) < 4.78 is 1.59. The lowest BCUT2D eigenvalue weighted by Crippen LogP contribution is -2.16. The normalized spacial score (nSPS) is 11.1. The maximum atomic E-state index is 11.5. The minimum atomic E-state index is -0.190. The van der Waals surface area contributed by atoms with Crippen LogP contribution in [0.25, 0.3) is 10.9 Å². The first-order valence-electron chi connectivity index (χ1n) is 6.61. The lowest BCUT2D eigenvalue weighted by molar-refractivity contribution is 0.660. The molecule has 2 aromatic heterocycles. The maximum absolute atomic E-state index is 11.5. The highest BCUT2D eigenvalue weighted by Crippen LogP contribution is 2.25. The van der Waals surface area contributed by atoms with Crippen molar-refractivity contribution in [3.8, 4) is 0 Å². The molecule has 3 aromatic rings. The first kappa shape index (κ1) is 13.7. The molecule has 0 saturated heterocycles. The van der Waals surface area contributed by atoms with Crippen LogP contribution < -0.4 is 11.4 Å². The van der Waals surface area contributed by atoms with Gasteiger partial charge in [0.25, 0.3) is 0 Å². The molecule has 0 aliphatic rings. The summed E-state index contributed by atoms with van der Waals surface area (Å²) in [7, 11) is 0. The van der Waals surface area contributed by atoms with Gasteiger partial charge in [0.1, 0.15) is 5.82 Å². The van der Waals surface area contributed by atoms with Gasteiger partial charge in [-0.3, -0.25) is 4.57 Å². The summed E-state index contributed by atoms with van der Waals surface area (Å²) in [6.07, 6.45) is 0. The quantitative estimate of drug-likeness (QED) is 0.720. The Hall–Kier alpha value is -2.28. The number of hydrogen-bond acceptors (Lipinski definition) is 5. The van der Waals surface area contributed by atoms with Gasteiger partial charge in [0.2, 0.25) is 0 Å². The molecule has 0 aliphatic heterocycles. The van der Waals surface area contributed by atoms with Crippen molar-refractivity contribution >= 4 is 28.5 Å². The highest BCUT2D eigenvalue weighted by molar-refractivity contribution is 7.98. The van der Waals surface area contributed by atoms with Gasteiger partial charge in [-0.05, 0) is 19.1 Å². The third-order valence-corrected chi connectivity index (χ3v) is 4.26. The molecule has 7 heteroatoms. The number of thioether (sulfide) groups is 1. The van der Waals surface area contributed by atoms with Crippen molar-refractivity contribution in [1.29, 1.82) is 0 Å². The van der Waals surface area contributed by atoms with Gasteiger partial charge in [0.05, 0.1) is 5.52 Å². The molecule has 0 bridgehead atoms. The van der Waals surface area contributed by atoms with E-state index in [2.05, 4.69) is 15.2 Å². The van der Waals surface area contributed by atoms with Crippen molar-refractivity contribution in [2.45, 2.75) is 24.4 Å². The summed E-state index contributed by atoms with van der Waals surface area (Å²) in [4.78, 5) is 15.9. The van der Waals surface area contributed by atoms with E-state index in [0.29, 0.717) is 23.3 Å². The molecule has 3 N–H and O–H groups in total. The van der Waals surface area contributed by atoms with Crippen LogP contribution in [0.15, 0.2) is 40.3 Å². The van der Waals surface area contributed by atoms with Gasteiger partial charge in [0, 0.05) is 23.2 Å². The van der Waals surface area contributed by atoms with Gasteiger partial charge in [-0.25, -0.2) is 14.9 Å². The number of benzene rings is 1. The standard InChI is InChI=1S/C14H15N5OS/c1-2-19-13(20)17-18-14(19)21-8-10-7-9-5-3-4-6-11(9)16-12(10)15/h3-7H,2,8H2,1H3,(H2,15,16)(H,17,20). The second-order valence-electron chi connectivity index (χ2n) is 4.57. The molecule has 2 heterocycles. The van der Waals surface area contributed by atoms with Crippen LogP contribution in [0.5, 0.6) is 0 Å². The fraction of sp³-hybridized carbons (Fsp3) is 0.214. The average Bonchev–Trinajstić information content (AvgIpc) is 2.85. The minimum Gasteiger partial charge on any atom is -0.383 e. The third-order valence-electron chi connectivity index (χ3n) is 3.23. The number of H-pyrrole nitrogens is 1. The zero-order chi connectivity index (χ0) is 14.8. The van der Waals surface area contributed by atoms with Gasteiger partial charge in [0.15, 0.2) is 5.16 Å². The number of pyridine rings is 1. The Morgan fingerprint density at radius 3 is 3.00 bits per heavy atom. The number of rotatable bonds is 4. The predicted octanol–water partition coefficient (Wildman–Crippen LogP) is 2.01. The van der Waals surface area contributed by atoms with E-state index in [1.54, 1.807) is 4.57 Å². The lowest BCUT2D eigenvalue weighted by Gasteiger charge is -2.07. The van der Waals surface area contributed by atoms with E-state index >= 15 is 0 Å². The molecule has 6 nitrogen and oxygen atoms in total. The summed E-state index contributed by atoms with van der Waals surface area (Å²) in [5.41, 5.74) is 7.64. The number of aromatic amines is 1. The van der Waals surface area contributed by atoms with E-state index in [-0.39, 0.29) is 5.69 Å². The zero-order valence-corrected chi connectivity index (χ0v) is 12.4. The first-order chi connectivity index (χ1) is 10.2. The molecule has 0 amide bonds. The van der Waals surface area contributed by atoms with Gasteiger partial charge >= 0.3 is 5.69 Å². The third kappa shape index (κ3) is 2.64. The number of aromatic nitrogens is 4. The largest absolute Gasteiger partial charge is 0.383 e. The van der Waals surface area contributed by atoms with Crippen LogP contribution >= 0.6 is 11.8 Å². The smallest absolute Gasteiger partial charge is 0.343 e. The van der Waals surface area contributed by atoms with E-state index in [1.807, 2.05) is 37.3 Å². The summed E-state index contributed by atoms with van der Waals surface area (Å²) in [5.74, 6) is 1.13. The molecule has 0 aliphatic carbocycles. The molecular weight excluding hydrogens is 286 g/mol. The summed E-state index contributed by atoms with van der Waals surface area (Å²) >= 11 is 1.47. The predicted molar refractivity (Wildman–Crippen MR) is 84.2 cm³/mol. The van der Waals surface area contributed by atoms with Crippen molar-refractivity contribution < 1.29 is 0 Å². The van der Waals surface area contributed by atoms with Crippen LogP contribution in [0, 0.1) is 0 Å². The Bertz CT molecular complexity index is 839. The Kier molecular flexibility index (Phi) is 3.66. The van der Waals surface area contributed by atoms with Gasteiger partial charge in [-0.2, -0.15) is 0 Å². The van der Waals surface area contributed by atoms with Gasteiger partial charge in [-0.15, -0.1) is 5.10 Å². The van der Waals surface area contributed by atoms with E-state index < -0.39 is 0 Å². The molecule has 21 heavy (non-hydrogen) atoms. The number of nitrogens with zero attached hydrogens (tertiary/aromatic N) is 3. The highest BCUT2D eigenvalue weighted by Gasteiger charge is 2.10. The monoisotopic (exact) mass is 301 g/mol. The molecule has 0 atom stereocenters. The Labute approximate surface area is 125 Å². The van der Waals surface area contributed by atoms with Crippen molar-refractivity contribution in [2.24, 2.45) is 0 Å². The van der Waals surface area contributed by atoms with E-state index in [4.69, 9.17) is 5.73 Å². The molecule has 108 valence electrons. The van der Waals surface area contributed by atoms with Crippen LogP contribution in [0.1, 0.15) is 12.5 Å². The molecule has 0 radical (unpaired) electrons. The molecule has 0 spiro atoms. The SMILES string of the molecule is CCn1c(SCc2cc3ccccc3nc2N)n[nH]c1=O. The highest BCUT2D eigenvalue weighted by atomic mass is 32.2. The molecule has 0 fully saturated rings. The van der Waals surface area contributed by atoms with Crippen molar-refractivity contribution in [3.05, 3.63) is 46.4 Å². The second kappa shape index (κ2) is 5.61. The number of nitrogens with one attached hydrogen (secondary N) is 1. The number of fused-ring (bicyclic) bond motifs is 1. The van der Waals surface area contributed by atoms with Crippen LogP contribution in [-0.4, -0.2) is 19.7 Å². The molecule has 0 unspecified atom stereocenters. The second-order valence-corrected chi connectivity index (χ2v) is 5.51. The molecule has 1 aromatic carbocycles. The van der Waals surface area contributed by atoms with Crippen LogP contribution in [-0.2, 0) is 12.3 Å². The van der Waals surface area contributed by atoms with Crippen molar-refractivity contribution in [2.75, 3.05) is 5.73 Å². The maximum Gasteiger partial charge on any atom is 0.343 e. The van der Waals surface area contributed by atoms with Crippen molar-refractivity contribution in [1.82, 2.24) is 19.7 Å². The number of para-hydroxylation sites is 1. The Morgan fingerprint density at radius 2 is 2.19 bits per heavy atom. The summed E-state index contributed by atoms with van der Waals surface area (Å²) in [5, 5.41) is 8.19.